The van der Waals surface area contributed by atoms with Gasteiger partial charge in [-0.2, -0.15) is 0 Å². The third-order valence-electron chi connectivity index (χ3n) is 2.39. The standard InChI is InChI=1S/C6H9O.3CH3.Sn/c1-2-6-3-4-7-5-6;;;;/h6H,1,3-5H2;3*1H3;/t6-;;;;/m0..../s1. The van der Waals surface area contributed by atoms with Gasteiger partial charge in [-0.3, -0.25) is 0 Å². The predicted octanol–water partition coefficient (Wildman–Crippen LogP) is 2.46. The molecule has 0 aromatic carbocycles. The van der Waals surface area contributed by atoms with Crippen LogP contribution in [0.2, 0.25) is 14.8 Å². The van der Waals surface area contributed by atoms with Crippen LogP contribution in [0.1, 0.15) is 6.42 Å². The summed E-state index contributed by atoms with van der Waals surface area (Å²) < 4.78 is 6.90. The van der Waals surface area contributed by atoms with E-state index in [1.54, 1.807) is 3.59 Å². The second-order valence-electron chi connectivity index (χ2n) is 4.34. The molecule has 0 radical (unpaired) electrons. The fraction of sp³-hybridized carbons (Fsp3) is 0.778. The fourth-order valence-electron chi connectivity index (χ4n) is 1.42. The summed E-state index contributed by atoms with van der Waals surface area (Å²) in [6.07, 6.45) is 1.22. The van der Waals surface area contributed by atoms with Gasteiger partial charge in [-0.05, 0) is 0 Å². The quantitative estimate of drug-likeness (QED) is 0.694. The van der Waals surface area contributed by atoms with Crippen molar-refractivity contribution < 1.29 is 4.74 Å². The van der Waals surface area contributed by atoms with Crippen molar-refractivity contribution in [2.75, 3.05) is 13.2 Å². The van der Waals surface area contributed by atoms with Crippen LogP contribution in [-0.2, 0) is 4.74 Å². The van der Waals surface area contributed by atoms with Gasteiger partial charge in [0.1, 0.15) is 0 Å². The van der Waals surface area contributed by atoms with Crippen molar-refractivity contribution in [1.29, 1.82) is 0 Å². The molecular formula is C9H18OSn. The van der Waals surface area contributed by atoms with Crippen molar-refractivity contribution in [3.05, 3.63) is 10.2 Å². The monoisotopic (exact) mass is 262 g/mol. The van der Waals surface area contributed by atoms with Gasteiger partial charge in [0.2, 0.25) is 0 Å². The van der Waals surface area contributed by atoms with Crippen LogP contribution in [0.25, 0.3) is 0 Å². The second-order valence-corrected chi connectivity index (χ2v) is 19.0. The van der Waals surface area contributed by atoms with Crippen LogP contribution in [0.5, 0.6) is 0 Å². The van der Waals surface area contributed by atoms with Gasteiger partial charge in [0.05, 0.1) is 0 Å². The Hall–Kier alpha value is 0.499. The van der Waals surface area contributed by atoms with Gasteiger partial charge in [-0.1, -0.05) is 0 Å². The first-order valence-corrected chi connectivity index (χ1v) is 14.3. The maximum absolute atomic E-state index is 5.35. The zero-order chi connectivity index (χ0) is 8.48. The molecule has 1 aliphatic rings. The van der Waals surface area contributed by atoms with Gasteiger partial charge < -0.3 is 0 Å². The van der Waals surface area contributed by atoms with E-state index in [2.05, 4.69) is 21.4 Å². The molecule has 0 aromatic rings. The Labute approximate surface area is 73.7 Å². The molecule has 0 N–H and O–H groups in total. The van der Waals surface area contributed by atoms with E-state index >= 15 is 0 Å². The number of hydrogen-bond donors (Lipinski definition) is 0. The van der Waals surface area contributed by atoms with Crippen molar-refractivity contribution >= 4 is 18.4 Å². The van der Waals surface area contributed by atoms with Crippen molar-refractivity contribution in [2.24, 2.45) is 5.92 Å². The molecule has 1 heterocycles. The topological polar surface area (TPSA) is 9.23 Å². The van der Waals surface area contributed by atoms with E-state index in [1.807, 2.05) is 0 Å². The van der Waals surface area contributed by atoms with E-state index in [0.717, 1.165) is 13.2 Å². The molecule has 1 atom stereocenters. The van der Waals surface area contributed by atoms with Crippen LogP contribution in [0.4, 0.5) is 0 Å². The van der Waals surface area contributed by atoms with Crippen LogP contribution >= 0.6 is 0 Å². The molecule has 0 bridgehead atoms. The Balaban J connectivity index is 2.53. The molecule has 0 spiro atoms. The Kier molecular flexibility index (Phi) is 3.03. The number of rotatable bonds is 2. The van der Waals surface area contributed by atoms with Crippen LogP contribution < -0.4 is 0 Å². The van der Waals surface area contributed by atoms with Gasteiger partial charge in [0.25, 0.3) is 0 Å². The molecule has 64 valence electrons. The Morgan fingerprint density at radius 2 is 2.09 bits per heavy atom. The predicted molar refractivity (Wildman–Crippen MR) is 51.4 cm³/mol. The molecule has 0 aromatic heterocycles. The molecule has 1 rings (SSSR count). The zero-order valence-corrected chi connectivity index (χ0v) is 10.7. The van der Waals surface area contributed by atoms with Crippen LogP contribution in [0.15, 0.2) is 10.2 Å². The molecule has 0 amide bonds. The van der Waals surface area contributed by atoms with Crippen molar-refractivity contribution in [3.8, 4) is 0 Å². The second kappa shape index (κ2) is 3.48. The first-order valence-electron chi connectivity index (χ1n) is 4.29. The van der Waals surface area contributed by atoms with Crippen LogP contribution in [0.3, 0.4) is 0 Å². The molecule has 1 saturated heterocycles. The van der Waals surface area contributed by atoms with E-state index in [1.165, 1.54) is 6.42 Å². The summed E-state index contributed by atoms with van der Waals surface area (Å²) in [5.74, 6) is 0.700. The first-order chi connectivity index (χ1) is 5.02. The van der Waals surface area contributed by atoms with E-state index in [0.29, 0.717) is 5.92 Å². The third-order valence-corrected chi connectivity index (χ3v) is 9.05. The summed E-state index contributed by atoms with van der Waals surface area (Å²) >= 11 is -1.79. The summed E-state index contributed by atoms with van der Waals surface area (Å²) in [5.41, 5.74) is 0. The van der Waals surface area contributed by atoms with Gasteiger partial charge >= 0.3 is 73.7 Å². The average molecular weight is 261 g/mol. The minimum absolute atomic E-state index is 0.700. The Morgan fingerprint density at radius 1 is 1.45 bits per heavy atom. The molecule has 2 heteroatoms. The fourth-order valence-corrected chi connectivity index (χ4v) is 5.57. The minimum atomic E-state index is -1.79. The van der Waals surface area contributed by atoms with Crippen molar-refractivity contribution in [1.82, 2.24) is 0 Å². The molecule has 1 fully saturated rings. The summed E-state index contributed by atoms with van der Waals surface area (Å²) in [6, 6.07) is 0. The zero-order valence-electron chi connectivity index (χ0n) is 7.81. The SMILES string of the molecule is C=[C]([C@H]1CCOC1)[Sn]([CH3])([CH3])[CH3]. The van der Waals surface area contributed by atoms with Crippen LogP contribution in [0, 0.1) is 5.92 Å². The van der Waals surface area contributed by atoms with E-state index in [4.69, 9.17) is 4.74 Å². The van der Waals surface area contributed by atoms with E-state index in [-0.39, 0.29) is 0 Å². The Morgan fingerprint density at radius 3 is 2.45 bits per heavy atom. The van der Waals surface area contributed by atoms with Crippen molar-refractivity contribution in [3.63, 3.8) is 0 Å². The van der Waals surface area contributed by atoms with Gasteiger partial charge in [0.15, 0.2) is 0 Å². The summed E-state index contributed by atoms with van der Waals surface area (Å²) in [5, 5.41) is 0. The molecule has 1 nitrogen and oxygen atoms in total. The summed E-state index contributed by atoms with van der Waals surface area (Å²) in [7, 11) is 0. The molecule has 1 aliphatic heterocycles. The van der Waals surface area contributed by atoms with Crippen molar-refractivity contribution in [2.45, 2.75) is 21.2 Å². The average Bonchev–Trinajstić information content (AvgIpc) is 2.34. The third kappa shape index (κ3) is 2.48. The number of ether oxygens (including phenoxy) is 1. The number of hydrogen-bond acceptors (Lipinski definition) is 1. The van der Waals surface area contributed by atoms with Gasteiger partial charge in [0, 0.05) is 0 Å². The summed E-state index contributed by atoms with van der Waals surface area (Å²) in [6.45, 7) is 6.11. The normalized spacial score (nSPS) is 25.5. The molecular weight excluding hydrogens is 243 g/mol. The van der Waals surface area contributed by atoms with Gasteiger partial charge in [-0.15, -0.1) is 0 Å². The van der Waals surface area contributed by atoms with Gasteiger partial charge in [-0.25, -0.2) is 0 Å². The molecule has 11 heavy (non-hydrogen) atoms. The Bertz CT molecular complexity index is 151. The summed E-state index contributed by atoms with van der Waals surface area (Å²) in [4.78, 5) is 7.28. The molecule has 0 unspecified atom stereocenters. The first kappa shape index (κ1) is 9.59. The van der Waals surface area contributed by atoms with Crippen LogP contribution in [-0.4, -0.2) is 31.6 Å². The molecule has 0 saturated carbocycles. The van der Waals surface area contributed by atoms with E-state index < -0.39 is 18.4 Å². The molecule has 0 aliphatic carbocycles. The maximum atomic E-state index is 5.35. The van der Waals surface area contributed by atoms with E-state index in [9.17, 15) is 0 Å².